The fourth-order valence-electron chi connectivity index (χ4n) is 21.4. The van der Waals surface area contributed by atoms with Gasteiger partial charge in [-0.05, 0) is 246 Å². The van der Waals surface area contributed by atoms with Gasteiger partial charge in [-0.15, -0.1) is 0 Å². The third-order valence-electron chi connectivity index (χ3n) is 29.6. The van der Waals surface area contributed by atoms with Gasteiger partial charge in [0.05, 0.1) is 94.1 Å². The van der Waals surface area contributed by atoms with Gasteiger partial charge < -0.3 is 143 Å². The number of carbonyl (C=O) groups excluding carboxylic acids is 2. The van der Waals surface area contributed by atoms with E-state index in [9.17, 15) is 50.4 Å². The normalized spacial score (nSPS) is 40.6. The summed E-state index contributed by atoms with van der Waals surface area (Å²) >= 11 is 6.24. The maximum absolute atomic E-state index is 14.5. The van der Waals surface area contributed by atoms with Gasteiger partial charge in [0, 0.05) is 149 Å². The zero-order valence-corrected chi connectivity index (χ0v) is 87.6. The zero-order valence-electron chi connectivity index (χ0n) is 86.8. The molecule has 10 rings (SSSR count). The van der Waals surface area contributed by atoms with Crippen LogP contribution in [0.3, 0.4) is 0 Å². The van der Waals surface area contributed by atoms with Crippen LogP contribution in [0.5, 0.6) is 0 Å². The van der Waals surface area contributed by atoms with E-state index in [0.717, 1.165) is 33.2 Å². The number of rotatable bonds is 26. The first-order valence-electron chi connectivity index (χ1n) is 49.5. The van der Waals surface area contributed by atoms with Crippen molar-refractivity contribution in [3.63, 3.8) is 0 Å². The minimum absolute atomic E-state index is 0.103. The quantitative estimate of drug-likeness (QED) is 0.0205. The number of benzene rings is 2. The Morgan fingerprint density at radius 2 is 0.882 bits per heavy atom. The number of hydrogen-bond acceptors (Lipinski definition) is 33. The standard InChI is InChI=1S/C50H83ClN4O12.C50H84N4O12.C2H6O/c1-15-39-50(10,60)43(56)32(6)55(13)27-28(2)25-48(8,59)45(30(4)41(31(5)46(58)65-39)66-40-26-49(9,61-14)44(57)33(7)64-40)67-47-42(38(54(11)12)23-29(3)63-47)62-22-16-20-52-36-19-21-53-37-24-34(51)17-18-35(36)37;1-15-39-50(10,59)43(55)33(6)54(13)28-29(2)26-48(8,58)45(31(4)41(32(5)46(57)64-39)65-40-27-49(9,60-14)44(56)34(7)63-40)66-47-42(38(53(11)12)25-30(3)62-47)61-24-18-22-51-37-21-23-52-36-20-17-16-19-35(36)37;1-2-3/h17-19,21,24,28-33,38-45,47,56-57,59-60H,15-16,20,22-23,25-27H2,1-14H3,(H,52,53);16-17,19-21,23,29-34,38-45,47,55-56,58-59H,15,18,22,24-28H2,1-14H3,(H,51,52);3H,2H2,1H3/t28-,29-,30+,31-,32-,33+,38+,39-,40+,41+,42-,43-,44+,45-,47+,48-,49-,50-;29-,30-,31+,32-,33-,34+,38+,39-,40+,41+,42-,43-,44+,45-,47+,48-,49-,50-;/m11./s1. The van der Waals surface area contributed by atoms with Crippen LogP contribution in [-0.2, 0) is 75.9 Å². The highest BCUT2D eigenvalue weighted by molar-refractivity contribution is 6.31. The summed E-state index contributed by atoms with van der Waals surface area (Å²) in [6, 6.07) is 16.3. The molecular formula is C102H173ClN8O25. The van der Waals surface area contributed by atoms with Crippen molar-refractivity contribution >= 4 is 56.7 Å². The molecule has 6 aliphatic heterocycles. The Balaban J connectivity index is 0.000000325. The number of halogens is 1. The van der Waals surface area contributed by atoms with Crippen molar-refractivity contribution in [1.29, 1.82) is 0 Å². The van der Waals surface area contributed by atoms with E-state index in [-0.39, 0.29) is 81.3 Å². The number of aliphatic hydroxyl groups is 9. The molecule has 36 atom stereocenters. The fourth-order valence-corrected chi connectivity index (χ4v) is 21.5. The number of aliphatic hydroxyl groups excluding tert-OH is 5. The number of ether oxygens (including phenoxy) is 14. The van der Waals surface area contributed by atoms with E-state index in [1.807, 2.05) is 162 Å². The lowest BCUT2D eigenvalue weighted by Crippen LogP contribution is -2.61. The summed E-state index contributed by atoms with van der Waals surface area (Å²) in [5, 5.41) is 113. The lowest BCUT2D eigenvalue weighted by molar-refractivity contribution is -0.321. The Bertz CT molecular complexity index is 4280. The van der Waals surface area contributed by atoms with E-state index in [4.69, 9.17) is 83.0 Å². The molecule has 4 aromatic rings. The molecule has 34 heteroatoms. The van der Waals surface area contributed by atoms with Crippen molar-refractivity contribution in [2.24, 2.45) is 35.5 Å². The van der Waals surface area contributed by atoms with Crippen molar-refractivity contribution in [2.75, 3.05) is 113 Å². The van der Waals surface area contributed by atoms with Gasteiger partial charge in [-0.2, -0.15) is 0 Å². The Hall–Kier alpha value is -4.91. The molecule has 6 saturated heterocycles. The summed E-state index contributed by atoms with van der Waals surface area (Å²) in [6.07, 6.45) is -10.0. The lowest BCUT2D eigenvalue weighted by atomic mass is 9.77. The summed E-state index contributed by atoms with van der Waals surface area (Å²) in [5.41, 5.74) is -5.16. The van der Waals surface area contributed by atoms with Crippen LogP contribution in [0.25, 0.3) is 21.8 Å². The molecule has 0 aliphatic carbocycles. The van der Waals surface area contributed by atoms with Crippen LogP contribution >= 0.6 is 11.6 Å². The number of nitrogens with one attached hydrogen (secondary N) is 2. The van der Waals surface area contributed by atoms with Crippen LogP contribution in [0.4, 0.5) is 11.4 Å². The summed E-state index contributed by atoms with van der Waals surface area (Å²) in [5.74, 6) is -5.15. The number of likely N-dealkylation sites (N-methyl/N-ethyl adjacent to an activating group) is 4. The maximum Gasteiger partial charge on any atom is 0.311 e. The van der Waals surface area contributed by atoms with E-state index < -0.39 is 192 Å². The van der Waals surface area contributed by atoms with Crippen molar-refractivity contribution in [2.45, 2.75) is 390 Å². The molecular weight excluding hydrogens is 1770 g/mol. The molecule has 0 bridgehead atoms. The monoisotopic (exact) mass is 1950 g/mol. The Morgan fingerprint density at radius 1 is 0.507 bits per heavy atom. The first kappa shape index (κ1) is 116. The van der Waals surface area contributed by atoms with Gasteiger partial charge in [0.1, 0.15) is 60.0 Å². The summed E-state index contributed by atoms with van der Waals surface area (Å²) in [7, 11) is 14.8. The second-order valence-corrected chi connectivity index (χ2v) is 42.2. The number of cyclic esters (lactones) is 2. The Morgan fingerprint density at radius 3 is 1.26 bits per heavy atom. The van der Waals surface area contributed by atoms with Crippen LogP contribution in [0.1, 0.15) is 210 Å². The van der Waals surface area contributed by atoms with Crippen molar-refractivity contribution in [1.82, 2.24) is 29.6 Å². The first-order chi connectivity index (χ1) is 63.7. The summed E-state index contributed by atoms with van der Waals surface area (Å²) < 4.78 is 91.5. The third-order valence-corrected chi connectivity index (χ3v) is 29.8. The molecule has 0 saturated carbocycles. The average Bonchev–Trinajstić information content (AvgIpc) is 1.13. The van der Waals surface area contributed by atoms with Gasteiger partial charge in [-0.3, -0.25) is 19.6 Å². The van der Waals surface area contributed by atoms with E-state index in [0.29, 0.717) is 70.1 Å². The number of anilines is 2. The average molecular weight is 1950 g/mol. The molecule has 0 spiro atoms. The molecule has 2 aromatic carbocycles. The highest BCUT2D eigenvalue weighted by atomic mass is 35.5. The lowest BCUT2D eigenvalue weighted by Gasteiger charge is -2.49. The molecule has 0 unspecified atom stereocenters. The number of methoxy groups -OCH3 is 2. The summed E-state index contributed by atoms with van der Waals surface area (Å²) in [6.45, 7) is 40.8. The number of para-hydroxylation sites is 1. The van der Waals surface area contributed by atoms with Crippen LogP contribution in [0.2, 0.25) is 5.02 Å². The summed E-state index contributed by atoms with van der Waals surface area (Å²) in [4.78, 5) is 46.2. The number of hydrogen-bond donors (Lipinski definition) is 11. The Labute approximate surface area is 814 Å². The van der Waals surface area contributed by atoms with Gasteiger partial charge >= 0.3 is 11.9 Å². The van der Waals surface area contributed by atoms with E-state index >= 15 is 0 Å². The topological polar surface area (TPSA) is 408 Å². The molecule has 6 fully saturated rings. The molecule has 136 heavy (non-hydrogen) atoms. The molecule has 778 valence electrons. The second kappa shape index (κ2) is 51.0. The fraction of sp³-hybridized carbons (Fsp3) is 0.804. The molecule has 2 aromatic heterocycles. The van der Waals surface area contributed by atoms with Gasteiger partial charge in [-0.25, -0.2) is 0 Å². The second-order valence-electron chi connectivity index (χ2n) is 41.8. The number of fused-ring (bicyclic) bond motifs is 2. The number of esters is 2. The van der Waals surface area contributed by atoms with E-state index in [1.165, 1.54) is 28.1 Å². The van der Waals surface area contributed by atoms with Crippen molar-refractivity contribution < 1.29 is 122 Å². The smallest absolute Gasteiger partial charge is 0.311 e. The molecule has 0 radical (unpaired) electrons. The predicted octanol–water partition coefficient (Wildman–Crippen LogP) is 10.6. The number of carbonyl (C=O) groups is 2. The Kier molecular flexibility index (Phi) is 43.7. The zero-order chi connectivity index (χ0) is 101. The van der Waals surface area contributed by atoms with Gasteiger partial charge in [-0.1, -0.05) is 71.3 Å². The minimum atomic E-state index is -1.82. The molecule has 33 nitrogen and oxygen atoms in total. The molecule has 0 amide bonds. The number of nitrogens with zero attached hydrogens (tertiary/aromatic N) is 6. The van der Waals surface area contributed by atoms with Gasteiger partial charge in [0.2, 0.25) is 0 Å². The number of aromatic nitrogens is 2. The largest absolute Gasteiger partial charge is 0.459 e. The SMILES string of the molecule is CCO.CC[C@H]1OC(=O)[C@H](C)[C@@H](O[C@H]2C[C@@](C)(OC)[C@@H](O)[C@H](C)O2)[C@H](C)[C@@H](O[C@@H]2O[C@H](C)C[C@H](N(C)C)[C@H]2OCCCNc2ccnc3cc(Cl)ccc23)[C@](C)(O)C[C@@H](C)CN(C)[C@H](C)[C@@H](O)[C@]1(C)O.CC[C@H]1OC(=O)[C@H](C)[C@@H](O[C@H]2C[C@@](C)(OC)[C@@H](O)[C@H](C)O2)[C@H](C)[C@@H](O[C@@H]2O[C@H](C)C[C@H](N(C)C)[C@H]2OCCCNc2ccnc3ccccc23)[C@](C)(O)C[C@@H](C)CN(C)[C@H](C)[C@@H](O)[C@]1(C)O. The van der Waals surface area contributed by atoms with E-state index in [2.05, 4.69) is 30.4 Å². The minimum Gasteiger partial charge on any atom is -0.459 e. The van der Waals surface area contributed by atoms with Crippen molar-refractivity contribution in [3.05, 3.63) is 72.0 Å². The van der Waals surface area contributed by atoms with Crippen molar-refractivity contribution in [3.8, 4) is 0 Å². The van der Waals surface area contributed by atoms with Crippen LogP contribution in [0, 0.1) is 35.5 Å². The van der Waals surface area contributed by atoms with Gasteiger partial charge in [0.25, 0.3) is 0 Å². The van der Waals surface area contributed by atoms with Crippen LogP contribution < -0.4 is 10.6 Å². The number of pyridine rings is 2. The molecule has 6 aliphatic rings. The predicted molar refractivity (Wildman–Crippen MR) is 523 cm³/mol. The van der Waals surface area contributed by atoms with E-state index in [1.54, 1.807) is 88.6 Å². The first-order valence-corrected chi connectivity index (χ1v) is 49.9. The maximum atomic E-state index is 14.5. The third kappa shape index (κ3) is 29.3. The van der Waals surface area contributed by atoms with Crippen LogP contribution in [-0.4, -0.2) is 371 Å². The molecule has 11 N–H and O–H groups in total. The van der Waals surface area contributed by atoms with Gasteiger partial charge in [0.15, 0.2) is 25.2 Å². The highest BCUT2D eigenvalue weighted by Gasteiger charge is 2.57. The molecule has 8 heterocycles. The highest BCUT2D eigenvalue weighted by Crippen LogP contribution is 2.45. The van der Waals surface area contributed by atoms with Crippen LogP contribution in [0.15, 0.2) is 67.0 Å².